The molecule has 0 aliphatic carbocycles. The van der Waals surface area contributed by atoms with Gasteiger partial charge in [-0.1, -0.05) is 29.3 Å². The zero-order valence-electron chi connectivity index (χ0n) is 14.2. The molecule has 1 amide bonds. The fourth-order valence-electron chi connectivity index (χ4n) is 2.22. The van der Waals surface area contributed by atoms with E-state index in [0.29, 0.717) is 46.7 Å². The Labute approximate surface area is 162 Å². The summed E-state index contributed by atoms with van der Waals surface area (Å²) in [7, 11) is 0. The van der Waals surface area contributed by atoms with Crippen LogP contribution in [0.5, 0.6) is 11.5 Å². The van der Waals surface area contributed by atoms with Gasteiger partial charge < -0.3 is 14.8 Å². The van der Waals surface area contributed by atoms with E-state index in [1.807, 2.05) is 19.1 Å². The number of hydrogen-bond donors (Lipinski definition) is 1. The summed E-state index contributed by atoms with van der Waals surface area (Å²) in [6, 6.07) is 12.1. The van der Waals surface area contributed by atoms with Crippen molar-refractivity contribution in [2.45, 2.75) is 13.3 Å². The molecule has 26 heavy (non-hydrogen) atoms. The monoisotopic (exact) mass is 392 g/mol. The molecular weight excluding hydrogens is 375 g/mol. The first-order valence-electron chi connectivity index (χ1n) is 8.04. The zero-order valence-corrected chi connectivity index (χ0v) is 15.7. The molecule has 0 spiro atoms. The van der Waals surface area contributed by atoms with E-state index in [1.165, 1.54) is 0 Å². The Bertz CT molecular complexity index is 819. The van der Waals surface area contributed by atoms with Gasteiger partial charge in [-0.15, -0.1) is 0 Å². The Hall–Kier alpha value is -2.42. The van der Waals surface area contributed by atoms with Crippen molar-refractivity contribution in [2.24, 2.45) is 0 Å². The molecule has 7 heteroatoms. The number of ether oxygens (including phenoxy) is 2. The van der Waals surface area contributed by atoms with Crippen molar-refractivity contribution in [1.29, 1.82) is 5.26 Å². The molecule has 2 aromatic rings. The van der Waals surface area contributed by atoms with Crippen LogP contribution in [0.25, 0.3) is 0 Å². The Kier molecular flexibility index (Phi) is 7.58. The average molecular weight is 393 g/mol. The molecule has 0 saturated heterocycles. The lowest BCUT2D eigenvalue weighted by atomic mass is 10.1. The van der Waals surface area contributed by atoms with Crippen LogP contribution < -0.4 is 14.8 Å². The third kappa shape index (κ3) is 5.83. The first-order chi connectivity index (χ1) is 12.5. The number of nitrogens with zero attached hydrogens (tertiary/aromatic N) is 1. The van der Waals surface area contributed by atoms with Gasteiger partial charge in [0, 0.05) is 22.7 Å². The van der Waals surface area contributed by atoms with E-state index < -0.39 is 0 Å². The van der Waals surface area contributed by atoms with Gasteiger partial charge in [-0.3, -0.25) is 4.79 Å². The van der Waals surface area contributed by atoms with Crippen LogP contribution in [0.15, 0.2) is 36.4 Å². The van der Waals surface area contributed by atoms with E-state index in [1.54, 1.807) is 30.3 Å². The summed E-state index contributed by atoms with van der Waals surface area (Å²) in [4.78, 5) is 12.0. The van der Waals surface area contributed by atoms with Crippen LogP contribution >= 0.6 is 23.2 Å². The molecule has 0 saturated carbocycles. The highest BCUT2D eigenvalue weighted by Gasteiger charge is 2.09. The number of nitriles is 1. The second kappa shape index (κ2) is 9.91. The maximum atomic E-state index is 12.0. The van der Waals surface area contributed by atoms with Gasteiger partial charge in [0.25, 0.3) is 5.91 Å². The summed E-state index contributed by atoms with van der Waals surface area (Å²) < 4.78 is 10.9. The second-order valence-electron chi connectivity index (χ2n) is 5.33. The van der Waals surface area contributed by atoms with E-state index in [0.717, 1.165) is 5.56 Å². The molecule has 1 N–H and O–H groups in total. The minimum absolute atomic E-state index is 0.152. The largest absolute Gasteiger partial charge is 0.490 e. The number of rotatable bonds is 8. The second-order valence-corrected chi connectivity index (χ2v) is 6.17. The van der Waals surface area contributed by atoms with Crippen molar-refractivity contribution in [2.75, 3.05) is 19.8 Å². The van der Waals surface area contributed by atoms with Gasteiger partial charge in [-0.25, -0.2) is 0 Å². The van der Waals surface area contributed by atoms with Crippen molar-refractivity contribution in [3.8, 4) is 17.6 Å². The molecule has 0 fully saturated rings. The number of amides is 1. The number of halogens is 2. The molecule has 2 aromatic carbocycles. The quantitative estimate of drug-likeness (QED) is 0.736. The number of hydrogen-bond acceptors (Lipinski definition) is 4. The molecule has 0 bridgehead atoms. The van der Waals surface area contributed by atoms with E-state index in [-0.39, 0.29) is 12.5 Å². The van der Waals surface area contributed by atoms with Gasteiger partial charge >= 0.3 is 0 Å². The number of nitrogens with one attached hydrogen (secondary N) is 1. The summed E-state index contributed by atoms with van der Waals surface area (Å²) in [5, 5.41) is 12.9. The topological polar surface area (TPSA) is 71.3 Å². The van der Waals surface area contributed by atoms with Crippen LogP contribution in [-0.4, -0.2) is 25.7 Å². The summed E-state index contributed by atoms with van der Waals surface area (Å²) in [6.45, 7) is 2.53. The smallest absolute Gasteiger partial charge is 0.257 e. The first-order valence-corrected chi connectivity index (χ1v) is 8.79. The van der Waals surface area contributed by atoms with Gasteiger partial charge in [-0.2, -0.15) is 5.26 Å². The van der Waals surface area contributed by atoms with Crippen molar-refractivity contribution in [3.63, 3.8) is 0 Å². The fraction of sp³-hybridized carbons (Fsp3) is 0.263. The fourth-order valence-corrected chi connectivity index (χ4v) is 2.72. The lowest BCUT2D eigenvalue weighted by molar-refractivity contribution is -0.123. The highest BCUT2D eigenvalue weighted by molar-refractivity contribution is 6.35. The molecule has 0 heterocycles. The highest BCUT2D eigenvalue weighted by Crippen LogP contribution is 2.28. The van der Waals surface area contributed by atoms with Gasteiger partial charge in [-0.05, 0) is 43.2 Å². The van der Waals surface area contributed by atoms with Gasteiger partial charge in [0.05, 0.1) is 18.2 Å². The standard InChI is InChI=1S/C19H18Cl2N2O3/c1-2-25-18-9-13(11-22)3-6-17(18)26-12-19(24)23-8-7-14-4-5-15(20)10-16(14)21/h3-6,9-10H,2,7-8,12H2,1H3,(H,23,24). The van der Waals surface area contributed by atoms with Gasteiger partial charge in [0.15, 0.2) is 18.1 Å². The first kappa shape index (κ1) is 19.9. The lowest BCUT2D eigenvalue weighted by Gasteiger charge is -2.12. The number of benzene rings is 2. The minimum Gasteiger partial charge on any atom is -0.490 e. The van der Waals surface area contributed by atoms with Crippen molar-refractivity contribution >= 4 is 29.1 Å². The predicted molar refractivity (Wildman–Crippen MR) is 101 cm³/mol. The highest BCUT2D eigenvalue weighted by atomic mass is 35.5. The summed E-state index contributed by atoms with van der Waals surface area (Å²) in [5.41, 5.74) is 1.37. The number of carbonyl (C=O) groups excluding carboxylic acids is 1. The molecule has 0 atom stereocenters. The Balaban J connectivity index is 1.84. The average Bonchev–Trinajstić information content (AvgIpc) is 2.62. The third-order valence-corrected chi connectivity index (χ3v) is 4.05. The maximum Gasteiger partial charge on any atom is 0.257 e. The number of carbonyl (C=O) groups is 1. The molecule has 0 aromatic heterocycles. The maximum absolute atomic E-state index is 12.0. The van der Waals surface area contributed by atoms with E-state index >= 15 is 0 Å². The summed E-state index contributed by atoms with van der Waals surface area (Å²) in [6.07, 6.45) is 0.586. The molecule has 0 aliphatic rings. The predicted octanol–water partition coefficient (Wildman–Crippen LogP) is 4.00. The van der Waals surface area contributed by atoms with Crippen LogP contribution in [0.4, 0.5) is 0 Å². The lowest BCUT2D eigenvalue weighted by Crippen LogP contribution is -2.30. The van der Waals surface area contributed by atoms with Crippen molar-refractivity contribution < 1.29 is 14.3 Å². The Morgan fingerprint density at radius 3 is 2.65 bits per heavy atom. The summed E-state index contributed by atoms with van der Waals surface area (Å²) >= 11 is 12.0. The molecule has 0 unspecified atom stereocenters. The molecule has 0 radical (unpaired) electrons. The van der Waals surface area contributed by atoms with Crippen LogP contribution in [0.2, 0.25) is 10.0 Å². The molecule has 5 nitrogen and oxygen atoms in total. The minimum atomic E-state index is -0.262. The van der Waals surface area contributed by atoms with E-state index in [9.17, 15) is 4.79 Å². The van der Waals surface area contributed by atoms with Crippen LogP contribution in [0.3, 0.4) is 0 Å². The van der Waals surface area contributed by atoms with Crippen molar-refractivity contribution in [1.82, 2.24) is 5.32 Å². The Morgan fingerprint density at radius 1 is 1.15 bits per heavy atom. The SMILES string of the molecule is CCOc1cc(C#N)ccc1OCC(=O)NCCc1ccc(Cl)cc1Cl. The molecule has 0 aliphatic heterocycles. The van der Waals surface area contributed by atoms with E-state index in [4.69, 9.17) is 37.9 Å². The Morgan fingerprint density at radius 2 is 1.96 bits per heavy atom. The van der Waals surface area contributed by atoms with Gasteiger partial charge in [0.1, 0.15) is 0 Å². The van der Waals surface area contributed by atoms with Crippen LogP contribution in [0.1, 0.15) is 18.1 Å². The zero-order chi connectivity index (χ0) is 18.9. The van der Waals surface area contributed by atoms with Crippen molar-refractivity contribution in [3.05, 3.63) is 57.6 Å². The van der Waals surface area contributed by atoms with Crippen LogP contribution in [0, 0.1) is 11.3 Å². The molecule has 136 valence electrons. The van der Waals surface area contributed by atoms with E-state index in [2.05, 4.69) is 5.32 Å². The van der Waals surface area contributed by atoms with Gasteiger partial charge in [0.2, 0.25) is 0 Å². The normalized spacial score (nSPS) is 10.1. The molecular formula is C19H18Cl2N2O3. The summed E-state index contributed by atoms with van der Waals surface area (Å²) in [5.74, 6) is 0.593. The molecule has 2 rings (SSSR count). The third-order valence-electron chi connectivity index (χ3n) is 3.46. The van der Waals surface area contributed by atoms with Crippen LogP contribution in [-0.2, 0) is 11.2 Å².